The summed E-state index contributed by atoms with van der Waals surface area (Å²) in [6.07, 6.45) is 0. The first kappa shape index (κ1) is 39.4. The van der Waals surface area contributed by atoms with E-state index in [1.54, 1.807) is 0 Å². The molecule has 0 bridgehead atoms. The molecule has 1 heterocycles. The number of nitrogens with zero attached hydrogens (tertiary/aromatic N) is 1. The number of rotatable bonds is 8. The van der Waals surface area contributed by atoms with Gasteiger partial charge in [-0.2, -0.15) is 0 Å². The molecule has 0 radical (unpaired) electrons. The van der Waals surface area contributed by atoms with Crippen LogP contribution >= 0.6 is 0 Å². The predicted molar refractivity (Wildman–Crippen MR) is 288 cm³/mol. The third kappa shape index (κ3) is 6.99. The quantitative estimate of drug-likeness (QED) is 0.151. The van der Waals surface area contributed by atoms with Crippen molar-refractivity contribution in [2.24, 2.45) is 0 Å². The van der Waals surface area contributed by atoms with Crippen LogP contribution in [-0.4, -0.2) is 0 Å². The molecule has 318 valence electrons. The molecule has 0 unspecified atom stereocenters. The summed E-state index contributed by atoms with van der Waals surface area (Å²) < 4.78 is 7.22. The number of hydrogen-bond donors (Lipinski definition) is 0. The maximum Gasteiger partial charge on any atom is 0.159 e. The van der Waals surface area contributed by atoms with E-state index in [2.05, 4.69) is 266 Å². The lowest BCUT2D eigenvalue weighted by Gasteiger charge is -2.26. The molecule has 0 aliphatic rings. The fourth-order valence-corrected chi connectivity index (χ4v) is 10.2. The highest BCUT2D eigenvalue weighted by Gasteiger charge is 2.23. The largest absolute Gasteiger partial charge is 0.453 e. The molecule has 13 aromatic rings. The molecule has 0 saturated heterocycles. The van der Waals surface area contributed by atoms with Crippen molar-refractivity contribution in [1.82, 2.24) is 0 Å². The standard InChI is InChI=1S/C66H43NO/c1-3-13-44(14-4-1)46-25-27-47(28-26-46)51-20-11-21-59(42-51)67(63-24-12-23-61-64-60-22-10-9-19-57(60)43-62(66(64)68-65(61)63)49-16-5-2-6-17-49)58-37-35-48(36-38-58)52-31-32-55-41-56(34-33-54(55)40-52)53-30-29-45-15-7-8-18-50(45)39-53/h1-43H. The Hall–Kier alpha value is -8.98. The monoisotopic (exact) mass is 865 g/mol. The van der Waals surface area contributed by atoms with Crippen LogP contribution in [-0.2, 0) is 0 Å². The second-order valence-corrected chi connectivity index (χ2v) is 17.7. The van der Waals surface area contributed by atoms with E-state index in [0.29, 0.717) is 0 Å². The van der Waals surface area contributed by atoms with Gasteiger partial charge < -0.3 is 9.32 Å². The van der Waals surface area contributed by atoms with Gasteiger partial charge in [0, 0.05) is 27.7 Å². The lowest BCUT2D eigenvalue weighted by Crippen LogP contribution is -2.10. The van der Waals surface area contributed by atoms with Crippen LogP contribution in [0.5, 0.6) is 0 Å². The summed E-state index contributed by atoms with van der Waals surface area (Å²) >= 11 is 0. The van der Waals surface area contributed by atoms with Crippen LogP contribution in [0.4, 0.5) is 17.1 Å². The van der Waals surface area contributed by atoms with Gasteiger partial charge in [0.05, 0.1) is 5.69 Å². The summed E-state index contributed by atoms with van der Waals surface area (Å²) in [5, 5.41) is 9.52. The van der Waals surface area contributed by atoms with Crippen molar-refractivity contribution < 1.29 is 4.42 Å². The Morgan fingerprint density at radius 2 is 0.706 bits per heavy atom. The highest BCUT2D eigenvalue weighted by molar-refractivity contribution is 6.24. The zero-order valence-corrected chi connectivity index (χ0v) is 37.2. The summed E-state index contributed by atoms with van der Waals surface area (Å²) in [7, 11) is 0. The van der Waals surface area contributed by atoms with E-state index in [1.165, 1.54) is 60.1 Å². The molecule has 0 spiro atoms. The summed E-state index contributed by atoms with van der Waals surface area (Å²) in [5.41, 5.74) is 16.5. The van der Waals surface area contributed by atoms with Crippen molar-refractivity contribution in [1.29, 1.82) is 0 Å². The van der Waals surface area contributed by atoms with E-state index in [0.717, 1.165) is 66.8 Å². The van der Waals surface area contributed by atoms with Gasteiger partial charge in [-0.25, -0.2) is 0 Å². The molecule has 0 aliphatic carbocycles. The first-order valence-electron chi connectivity index (χ1n) is 23.3. The van der Waals surface area contributed by atoms with Crippen LogP contribution < -0.4 is 4.90 Å². The number of fused-ring (bicyclic) bond motifs is 7. The van der Waals surface area contributed by atoms with Crippen molar-refractivity contribution >= 4 is 71.3 Å². The molecule has 0 atom stereocenters. The highest BCUT2D eigenvalue weighted by atomic mass is 16.3. The van der Waals surface area contributed by atoms with Gasteiger partial charge in [0.2, 0.25) is 0 Å². The van der Waals surface area contributed by atoms with Crippen molar-refractivity contribution in [2.75, 3.05) is 4.90 Å². The molecule has 1 aromatic heterocycles. The van der Waals surface area contributed by atoms with E-state index < -0.39 is 0 Å². The topological polar surface area (TPSA) is 16.4 Å². The Bertz CT molecular complexity index is 4000. The maximum absolute atomic E-state index is 7.22. The van der Waals surface area contributed by atoms with Gasteiger partial charge in [-0.3, -0.25) is 0 Å². The first-order chi connectivity index (χ1) is 33.7. The fourth-order valence-electron chi connectivity index (χ4n) is 10.2. The van der Waals surface area contributed by atoms with Gasteiger partial charge in [-0.15, -0.1) is 0 Å². The maximum atomic E-state index is 7.22. The Balaban J connectivity index is 0.929. The van der Waals surface area contributed by atoms with Crippen LogP contribution in [0.15, 0.2) is 265 Å². The highest BCUT2D eigenvalue weighted by Crippen LogP contribution is 2.47. The van der Waals surface area contributed by atoms with Gasteiger partial charge in [-0.1, -0.05) is 206 Å². The number of benzene rings is 12. The Morgan fingerprint density at radius 1 is 0.250 bits per heavy atom. The lowest BCUT2D eigenvalue weighted by molar-refractivity contribution is 0.670. The molecular formula is C66H43NO. The fraction of sp³-hybridized carbons (Fsp3) is 0. The van der Waals surface area contributed by atoms with Gasteiger partial charge >= 0.3 is 0 Å². The second kappa shape index (κ2) is 16.5. The molecule has 12 aromatic carbocycles. The molecule has 0 fully saturated rings. The normalized spacial score (nSPS) is 11.5. The molecule has 13 rings (SSSR count). The van der Waals surface area contributed by atoms with Crippen LogP contribution in [0.1, 0.15) is 0 Å². The first-order valence-corrected chi connectivity index (χ1v) is 23.3. The van der Waals surface area contributed by atoms with Crippen molar-refractivity contribution in [3.8, 4) is 55.6 Å². The van der Waals surface area contributed by atoms with E-state index in [1.807, 2.05) is 0 Å². The molecule has 0 N–H and O–H groups in total. The third-order valence-corrected chi connectivity index (χ3v) is 13.6. The molecule has 0 saturated carbocycles. The molecule has 0 aliphatic heterocycles. The van der Waals surface area contributed by atoms with Gasteiger partial charge in [0.25, 0.3) is 0 Å². The van der Waals surface area contributed by atoms with Gasteiger partial charge in [-0.05, 0) is 137 Å². The van der Waals surface area contributed by atoms with Gasteiger partial charge in [0.15, 0.2) is 5.58 Å². The van der Waals surface area contributed by atoms with Crippen molar-refractivity contribution in [2.45, 2.75) is 0 Å². The average molecular weight is 866 g/mol. The SMILES string of the molecule is c1ccc(-c2ccc(-c3cccc(N(c4ccc(-c5ccc6cc(-c7ccc8ccccc8c7)ccc6c5)cc4)c4cccc5c4oc4c(-c6ccccc6)cc6ccccc6c45)c3)cc2)cc1. The summed E-state index contributed by atoms with van der Waals surface area (Å²) in [5.74, 6) is 0. The van der Waals surface area contributed by atoms with E-state index in [9.17, 15) is 0 Å². The summed E-state index contributed by atoms with van der Waals surface area (Å²) in [6, 6.07) is 94.3. The van der Waals surface area contributed by atoms with E-state index in [4.69, 9.17) is 4.42 Å². The summed E-state index contributed by atoms with van der Waals surface area (Å²) in [4.78, 5) is 2.36. The molecule has 68 heavy (non-hydrogen) atoms. The second-order valence-electron chi connectivity index (χ2n) is 17.7. The van der Waals surface area contributed by atoms with E-state index >= 15 is 0 Å². The van der Waals surface area contributed by atoms with Crippen LogP contribution in [0, 0.1) is 0 Å². The Morgan fingerprint density at radius 3 is 1.40 bits per heavy atom. The minimum absolute atomic E-state index is 0.843. The van der Waals surface area contributed by atoms with Crippen LogP contribution in [0.3, 0.4) is 0 Å². The number of anilines is 3. The molecular weight excluding hydrogens is 823 g/mol. The zero-order valence-electron chi connectivity index (χ0n) is 37.2. The number of furan rings is 1. The van der Waals surface area contributed by atoms with Crippen molar-refractivity contribution in [3.05, 3.63) is 261 Å². The zero-order chi connectivity index (χ0) is 45.0. The predicted octanol–water partition coefficient (Wildman–Crippen LogP) is 18.9. The van der Waals surface area contributed by atoms with Crippen LogP contribution in [0.2, 0.25) is 0 Å². The van der Waals surface area contributed by atoms with E-state index in [-0.39, 0.29) is 0 Å². The Labute approximate surface area is 395 Å². The summed E-state index contributed by atoms with van der Waals surface area (Å²) in [6.45, 7) is 0. The minimum atomic E-state index is 0.843. The van der Waals surface area contributed by atoms with Crippen LogP contribution in [0.25, 0.3) is 110 Å². The third-order valence-electron chi connectivity index (χ3n) is 13.6. The average Bonchev–Trinajstić information content (AvgIpc) is 3.82. The number of hydrogen-bond acceptors (Lipinski definition) is 2. The molecule has 2 nitrogen and oxygen atoms in total. The Kier molecular flexibility index (Phi) is 9.54. The smallest absolute Gasteiger partial charge is 0.159 e. The number of para-hydroxylation sites is 1. The molecule has 2 heteroatoms. The minimum Gasteiger partial charge on any atom is -0.453 e. The van der Waals surface area contributed by atoms with Gasteiger partial charge in [0.1, 0.15) is 5.58 Å². The lowest BCUT2D eigenvalue weighted by atomic mass is 9.96. The molecule has 0 amide bonds. The van der Waals surface area contributed by atoms with Crippen molar-refractivity contribution in [3.63, 3.8) is 0 Å².